The lowest BCUT2D eigenvalue weighted by Gasteiger charge is -2.07. The lowest BCUT2D eigenvalue weighted by Crippen LogP contribution is -1.87. The zero-order chi connectivity index (χ0) is 9.40. The molecule has 0 saturated heterocycles. The van der Waals surface area contributed by atoms with Gasteiger partial charge >= 0.3 is 0 Å². The van der Waals surface area contributed by atoms with Crippen LogP contribution in [0.5, 0.6) is 0 Å². The molecule has 0 bridgehead atoms. The second kappa shape index (κ2) is 7.15. The molecular formula is C12H22. The maximum atomic E-state index is 2.35. The van der Waals surface area contributed by atoms with Crippen LogP contribution >= 0.6 is 0 Å². The van der Waals surface area contributed by atoms with Gasteiger partial charge in [-0.1, -0.05) is 39.8 Å². The van der Waals surface area contributed by atoms with Crippen LogP contribution in [-0.2, 0) is 0 Å². The van der Waals surface area contributed by atoms with E-state index in [2.05, 4.69) is 39.8 Å². The molecule has 0 spiro atoms. The number of allylic oxidation sites excluding steroid dienone is 4. The second-order valence-electron chi connectivity index (χ2n) is 2.98. The van der Waals surface area contributed by atoms with Crippen LogP contribution in [0.25, 0.3) is 0 Å². The molecule has 0 rings (SSSR count). The van der Waals surface area contributed by atoms with Gasteiger partial charge in [0.15, 0.2) is 0 Å². The molecule has 0 aromatic heterocycles. The summed E-state index contributed by atoms with van der Waals surface area (Å²) in [5.74, 6) is 0. The largest absolute Gasteiger partial charge is 0.0813 e. The van der Waals surface area contributed by atoms with Crippen molar-refractivity contribution in [1.29, 1.82) is 0 Å². The van der Waals surface area contributed by atoms with Crippen molar-refractivity contribution in [2.24, 2.45) is 0 Å². The average Bonchev–Trinajstić information content (AvgIpc) is 2.11. The van der Waals surface area contributed by atoms with Crippen molar-refractivity contribution in [2.75, 3.05) is 0 Å². The molecule has 0 unspecified atom stereocenters. The predicted octanol–water partition coefficient (Wildman–Crippen LogP) is 4.48. The van der Waals surface area contributed by atoms with E-state index in [9.17, 15) is 0 Å². The van der Waals surface area contributed by atoms with E-state index >= 15 is 0 Å². The minimum atomic E-state index is 1.16. The van der Waals surface area contributed by atoms with Crippen LogP contribution in [0.15, 0.2) is 23.3 Å². The summed E-state index contributed by atoms with van der Waals surface area (Å²) < 4.78 is 0. The van der Waals surface area contributed by atoms with Crippen LogP contribution in [0.4, 0.5) is 0 Å². The lowest BCUT2D eigenvalue weighted by molar-refractivity contribution is 0.985. The summed E-state index contributed by atoms with van der Waals surface area (Å²) in [7, 11) is 0. The van der Waals surface area contributed by atoms with Crippen LogP contribution in [0.2, 0.25) is 0 Å². The van der Waals surface area contributed by atoms with Crippen LogP contribution in [0, 0.1) is 0 Å². The van der Waals surface area contributed by atoms with Crippen LogP contribution in [0.3, 0.4) is 0 Å². The molecule has 0 aromatic rings. The third-order valence-corrected chi connectivity index (χ3v) is 2.08. The Kier molecular flexibility index (Phi) is 6.84. The third kappa shape index (κ3) is 3.75. The molecule has 0 aromatic carbocycles. The number of hydrogen-bond acceptors (Lipinski definition) is 0. The highest BCUT2D eigenvalue weighted by Crippen LogP contribution is 2.18. The van der Waals surface area contributed by atoms with Gasteiger partial charge in [0.05, 0.1) is 0 Å². The van der Waals surface area contributed by atoms with E-state index in [4.69, 9.17) is 0 Å². The molecule has 0 atom stereocenters. The summed E-state index contributed by atoms with van der Waals surface area (Å²) in [6, 6.07) is 0. The summed E-state index contributed by atoms with van der Waals surface area (Å²) in [6.45, 7) is 8.88. The Morgan fingerprint density at radius 2 is 1.08 bits per heavy atom. The van der Waals surface area contributed by atoms with Gasteiger partial charge in [-0.05, 0) is 36.8 Å². The lowest BCUT2D eigenvalue weighted by atomic mass is 9.99. The average molecular weight is 166 g/mol. The van der Waals surface area contributed by atoms with Gasteiger partial charge in [-0.2, -0.15) is 0 Å². The maximum absolute atomic E-state index is 2.35. The van der Waals surface area contributed by atoms with E-state index in [1.165, 1.54) is 12.8 Å². The Morgan fingerprint density at radius 3 is 1.25 bits per heavy atom. The third-order valence-electron chi connectivity index (χ3n) is 2.08. The molecule has 0 amide bonds. The van der Waals surface area contributed by atoms with Gasteiger partial charge in [0.1, 0.15) is 0 Å². The molecule has 70 valence electrons. The monoisotopic (exact) mass is 166 g/mol. The first-order valence-electron chi connectivity index (χ1n) is 5.18. The Labute approximate surface area is 77.4 Å². The zero-order valence-electron chi connectivity index (χ0n) is 8.98. The van der Waals surface area contributed by atoms with Crippen molar-refractivity contribution in [3.8, 4) is 0 Å². The minimum Gasteiger partial charge on any atom is -0.0813 e. The highest BCUT2D eigenvalue weighted by Gasteiger charge is 1.98. The normalized spacial score (nSPS) is 13.7. The fraction of sp³-hybridized carbons (Fsp3) is 0.667. The molecule has 0 N–H and O–H groups in total. The molecule has 0 heterocycles. The molecule has 12 heavy (non-hydrogen) atoms. The number of rotatable bonds is 5. The summed E-state index contributed by atoms with van der Waals surface area (Å²) in [4.78, 5) is 0. The first kappa shape index (κ1) is 11.5. The van der Waals surface area contributed by atoms with E-state index in [1.807, 2.05) is 0 Å². The Balaban J connectivity index is 4.44. The molecule has 0 nitrogen and oxygen atoms in total. The van der Waals surface area contributed by atoms with Gasteiger partial charge in [0, 0.05) is 0 Å². The van der Waals surface area contributed by atoms with E-state index in [-0.39, 0.29) is 0 Å². The van der Waals surface area contributed by atoms with Gasteiger partial charge in [-0.3, -0.25) is 0 Å². The molecule has 0 saturated carbocycles. The van der Waals surface area contributed by atoms with Crippen molar-refractivity contribution >= 4 is 0 Å². The fourth-order valence-corrected chi connectivity index (χ4v) is 1.50. The molecule has 0 aliphatic carbocycles. The smallest absolute Gasteiger partial charge is 0.0308 e. The summed E-state index contributed by atoms with van der Waals surface area (Å²) in [5, 5.41) is 0. The van der Waals surface area contributed by atoms with Gasteiger partial charge in [-0.25, -0.2) is 0 Å². The summed E-state index contributed by atoms with van der Waals surface area (Å²) in [6.07, 6.45) is 9.37. The summed E-state index contributed by atoms with van der Waals surface area (Å²) in [5.41, 5.74) is 3.09. The van der Waals surface area contributed by atoms with Crippen LogP contribution in [-0.4, -0.2) is 0 Å². The first-order chi connectivity index (χ1) is 5.79. The Hall–Kier alpha value is -0.520. The van der Waals surface area contributed by atoms with Gasteiger partial charge in [0.2, 0.25) is 0 Å². The standard InChI is InChI=1S/C12H22/c1-5-9-11(7-3)12(8-4)10-6-2/h9-10H,5-8H2,1-4H3/b11-9+,12-10?. The van der Waals surface area contributed by atoms with E-state index in [0.29, 0.717) is 0 Å². The van der Waals surface area contributed by atoms with Gasteiger partial charge < -0.3 is 0 Å². The quantitative estimate of drug-likeness (QED) is 0.528. The first-order valence-corrected chi connectivity index (χ1v) is 5.18. The molecule has 0 aliphatic heterocycles. The molecule has 0 radical (unpaired) electrons. The Morgan fingerprint density at radius 1 is 0.750 bits per heavy atom. The SMILES string of the molecule is CCC=C(CC)/C(=C/CC)CC. The molecular weight excluding hydrogens is 144 g/mol. The highest BCUT2D eigenvalue weighted by atomic mass is 14.0. The fourth-order valence-electron chi connectivity index (χ4n) is 1.50. The van der Waals surface area contributed by atoms with Crippen LogP contribution in [0.1, 0.15) is 53.4 Å². The predicted molar refractivity (Wildman–Crippen MR) is 57.3 cm³/mol. The topological polar surface area (TPSA) is 0 Å². The van der Waals surface area contributed by atoms with Crippen molar-refractivity contribution in [2.45, 2.75) is 53.4 Å². The van der Waals surface area contributed by atoms with Crippen molar-refractivity contribution in [1.82, 2.24) is 0 Å². The van der Waals surface area contributed by atoms with Crippen LogP contribution < -0.4 is 0 Å². The maximum Gasteiger partial charge on any atom is -0.0308 e. The van der Waals surface area contributed by atoms with Gasteiger partial charge in [-0.15, -0.1) is 0 Å². The molecule has 0 heteroatoms. The van der Waals surface area contributed by atoms with E-state index in [1.54, 1.807) is 11.1 Å². The zero-order valence-corrected chi connectivity index (χ0v) is 8.98. The minimum absolute atomic E-state index is 1.16. The van der Waals surface area contributed by atoms with Crippen molar-refractivity contribution in [3.63, 3.8) is 0 Å². The number of hydrogen-bond donors (Lipinski definition) is 0. The highest BCUT2D eigenvalue weighted by molar-refractivity contribution is 5.30. The molecule has 0 aliphatic rings. The molecule has 0 fully saturated rings. The van der Waals surface area contributed by atoms with E-state index < -0.39 is 0 Å². The van der Waals surface area contributed by atoms with Crippen molar-refractivity contribution in [3.05, 3.63) is 23.3 Å². The summed E-state index contributed by atoms with van der Waals surface area (Å²) >= 11 is 0. The van der Waals surface area contributed by atoms with Crippen molar-refractivity contribution < 1.29 is 0 Å². The van der Waals surface area contributed by atoms with Gasteiger partial charge in [0.25, 0.3) is 0 Å². The second-order valence-corrected chi connectivity index (χ2v) is 2.98. The van der Waals surface area contributed by atoms with E-state index in [0.717, 1.165) is 12.8 Å². The Bertz CT molecular complexity index is 141.